The molecule has 5 nitrogen and oxygen atoms in total. The lowest BCUT2D eigenvalue weighted by molar-refractivity contribution is -0.129. The molecule has 3 aliphatic rings. The molecule has 4 atom stereocenters. The molecule has 2 amide bonds. The van der Waals surface area contributed by atoms with E-state index in [0.717, 1.165) is 12.1 Å². The highest BCUT2D eigenvalue weighted by atomic mass is 16.2. The molecule has 5 heteroatoms. The molecule has 2 heterocycles. The number of carbonyl (C=O) groups is 2. The van der Waals surface area contributed by atoms with Crippen molar-refractivity contribution >= 4 is 11.8 Å². The van der Waals surface area contributed by atoms with Crippen molar-refractivity contribution in [1.82, 2.24) is 15.2 Å². The summed E-state index contributed by atoms with van der Waals surface area (Å²) < 4.78 is 0. The van der Waals surface area contributed by atoms with Crippen LogP contribution >= 0.6 is 0 Å². The fourth-order valence-electron chi connectivity index (χ4n) is 5.50. The minimum atomic E-state index is -0.239. The lowest BCUT2D eigenvalue weighted by atomic mass is 9.69. The number of nitrogens with one attached hydrogen (secondary N) is 1. The number of fused-ring (bicyclic) bond motifs is 2. The lowest BCUT2D eigenvalue weighted by Crippen LogP contribution is -2.48. The van der Waals surface area contributed by atoms with Gasteiger partial charge in [-0.2, -0.15) is 0 Å². The van der Waals surface area contributed by atoms with Gasteiger partial charge in [0.25, 0.3) is 0 Å². The maximum absolute atomic E-state index is 12.9. The molecule has 3 fully saturated rings. The third-order valence-electron chi connectivity index (χ3n) is 7.77. The number of pyridine rings is 1. The number of hydrogen-bond donors (Lipinski definition) is 1. The van der Waals surface area contributed by atoms with Crippen molar-refractivity contribution in [3.63, 3.8) is 0 Å². The first kappa shape index (κ1) is 17.5. The maximum Gasteiger partial charge on any atom is 0.225 e. The first-order valence-electron chi connectivity index (χ1n) is 9.79. The van der Waals surface area contributed by atoms with E-state index in [4.69, 9.17) is 0 Å². The molecule has 1 aromatic rings. The quantitative estimate of drug-likeness (QED) is 0.903. The number of hydrogen-bond acceptors (Lipinski definition) is 3. The Morgan fingerprint density at radius 1 is 1.35 bits per heavy atom. The number of aromatic nitrogens is 1. The Kier molecular flexibility index (Phi) is 4.08. The van der Waals surface area contributed by atoms with Crippen molar-refractivity contribution in [2.24, 2.45) is 22.7 Å². The standard InChI is InChI=1S/C21H29N3O2/c1-20(2)15-7-8-21(20,3)17(11-15)23-19(26)14-10-18(25)24(12-14)13-16-6-4-5-9-22-16/h4-6,9,14-15,17H,7-8,10-13H2,1-3H3,(H,23,26)/t14-,15+,17-,21+/m1/s1. The molecule has 1 N–H and O–H groups in total. The zero-order chi connectivity index (χ0) is 18.5. The lowest BCUT2D eigenvalue weighted by Gasteiger charge is -2.39. The zero-order valence-electron chi connectivity index (χ0n) is 16.0. The number of rotatable bonds is 4. The molecule has 0 radical (unpaired) electrons. The molecular formula is C21H29N3O2. The van der Waals surface area contributed by atoms with Gasteiger partial charge in [0.15, 0.2) is 0 Å². The summed E-state index contributed by atoms with van der Waals surface area (Å²) in [6.07, 6.45) is 5.58. The van der Waals surface area contributed by atoms with E-state index >= 15 is 0 Å². The predicted molar refractivity (Wildman–Crippen MR) is 98.9 cm³/mol. The van der Waals surface area contributed by atoms with Crippen molar-refractivity contribution in [2.45, 2.75) is 59.0 Å². The van der Waals surface area contributed by atoms with Gasteiger partial charge in [0.05, 0.1) is 18.2 Å². The summed E-state index contributed by atoms with van der Waals surface area (Å²) in [7, 11) is 0. The Bertz CT molecular complexity index is 717. The molecule has 140 valence electrons. The van der Waals surface area contributed by atoms with E-state index in [9.17, 15) is 9.59 Å². The number of carbonyl (C=O) groups excluding carboxylic acids is 2. The van der Waals surface area contributed by atoms with Gasteiger partial charge >= 0.3 is 0 Å². The summed E-state index contributed by atoms with van der Waals surface area (Å²) in [5, 5.41) is 3.32. The molecule has 1 saturated heterocycles. The minimum absolute atomic E-state index is 0.0512. The fraction of sp³-hybridized carbons (Fsp3) is 0.667. The molecule has 0 spiro atoms. The average Bonchev–Trinajstić information content (AvgIpc) is 3.14. The summed E-state index contributed by atoms with van der Waals surface area (Å²) in [5.41, 5.74) is 1.31. The minimum Gasteiger partial charge on any atom is -0.352 e. The van der Waals surface area contributed by atoms with E-state index in [-0.39, 0.29) is 34.6 Å². The van der Waals surface area contributed by atoms with Crippen LogP contribution in [0.3, 0.4) is 0 Å². The smallest absolute Gasteiger partial charge is 0.225 e. The molecular weight excluding hydrogens is 326 g/mol. The summed E-state index contributed by atoms with van der Waals surface area (Å²) in [5.74, 6) is 0.562. The molecule has 1 aliphatic heterocycles. The van der Waals surface area contributed by atoms with Crippen LogP contribution in [0.4, 0.5) is 0 Å². The first-order chi connectivity index (χ1) is 12.3. The number of amides is 2. The largest absolute Gasteiger partial charge is 0.352 e. The van der Waals surface area contributed by atoms with E-state index in [0.29, 0.717) is 25.4 Å². The van der Waals surface area contributed by atoms with Gasteiger partial charge in [0.1, 0.15) is 0 Å². The highest BCUT2D eigenvalue weighted by Gasteiger charge is 2.61. The van der Waals surface area contributed by atoms with Crippen LogP contribution in [0, 0.1) is 22.7 Å². The van der Waals surface area contributed by atoms with Gasteiger partial charge in [-0.3, -0.25) is 14.6 Å². The van der Waals surface area contributed by atoms with Crippen molar-refractivity contribution in [2.75, 3.05) is 6.54 Å². The third-order valence-corrected chi connectivity index (χ3v) is 7.77. The van der Waals surface area contributed by atoms with Gasteiger partial charge < -0.3 is 10.2 Å². The molecule has 0 unspecified atom stereocenters. The maximum atomic E-state index is 12.9. The molecule has 2 aliphatic carbocycles. The van der Waals surface area contributed by atoms with Crippen molar-refractivity contribution in [3.05, 3.63) is 30.1 Å². The van der Waals surface area contributed by atoms with Crippen LogP contribution in [-0.2, 0) is 16.1 Å². The average molecular weight is 355 g/mol. The van der Waals surface area contributed by atoms with Gasteiger partial charge in [-0.25, -0.2) is 0 Å². The van der Waals surface area contributed by atoms with Crippen LogP contribution in [0.1, 0.15) is 52.1 Å². The van der Waals surface area contributed by atoms with Crippen LogP contribution in [0.25, 0.3) is 0 Å². The van der Waals surface area contributed by atoms with Crippen LogP contribution in [0.2, 0.25) is 0 Å². The van der Waals surface area contributed by atoms with Gasteiger partial charge in [0, 0.05) is 25.2 Å². The molecule has 2 saturated carbocycles. The van der Waals surface area contributed by atoms with E-state index in [1.165, 1.54) is 12.8 Å². The summed E-state index contributed by atoms with van der Waals surface area (Å²) in [6, 6.07) is 5.94. The second-order valence-electron chi connectivity index (χ2n) is 9.17. The molecule has 1 aromatic heterocycles. The second kappa shape index (κ2) is 6.07. The molecule has 4 rings (SSSR count). The highest BCUT2D eigenvalue weighted by Crippen LogP contribution is 2.65. The van der Waals surface area contributed by atoms with Gasteiger partial charge in [-0.05, 0) is 48.1 Å². The van der Waals surface area contributed by atoms with Crippen molar-refractivity contribution in [1.29, 1.82) is 0 Å². The van der Waals surface area contributed by atoms with Gasteiger partial charge in [-0.1, -0.05) is 26.8 Å². The normalized spacial score (nSPS) is 35.1. The van der Waals surface area contributed by atoms with Gasteiger partial charge in [0.2, 0.25) is 11.8 Å². The molecule has 26 heavy (non-hydrogen) atoms. The number of nitrogens with zero attached hydrogens (tertiary/aromatic N) is 2. The fourth-order valence-corrected chi connectivity index (χ4v) is 5.50. The first-order valence-corrected chi connectivity index (χ1v) is 9.79. The Labute approximate surface area is 155 Å². The van der Waals surface area contributed by atoms with Crippen LogP contribution in [0.15, 0.2) is 24.4 Å². The van der Waals surface area contributed by atoms with E-state index in [1.807, 2.05) is 18.2 Å². The van der Waals surface area contributed by atoms with Crippen LogP contribution in [-0.4, -0.2) is 34.3 Å². The van der Waals surface area contributed by atoms with Gasteiger partial charge in [-0.15, -0.1) is 0 Å². The van der Waals surface area contributed by atoms with E-state index < -0.39 is 0 Å². The predicted octanol–water partition coefficient (Wildman–Crippen LogP) is 2.76. The SMILES string of the molecule is CC1(C)[C@H]2CC[C@@]1(C)[C@H](NC(=O)[C@@H]1CC(=O)N(Cc3ccccn3)C1)C2. The van der Waals surface area contributed by atoms with Crippen LogP contribution in [0.5, 0.6) is 0 Å². The van der Waals surface area contributed by atoms with Crippen molar-refractivity contribution in [3.8, 4) is 0 Å². The van der Waals surface area contributed by atoms with E-state index in [2.05, 4.69) is 31.1 Å². The summed E-state index contributed by atoms with van der Waals surface area (Å²) in [4.78, 5) is 31.3. The Hall–Kier alpha value is -1.91. The topological polar surface area (TPSA) is 62.3 Å². The second-order valence-corrected chi connectivity index (χ2v) is 9.17. The number of likely N-dealkylation sites (tertiary alicyclic amines) is 1. The summed E-state index contributed by atoms with van der Waals surface area (Å²) >= 11 is 0. The Morgan fingerprint density at radius 2 is 2.15 bits per heavy atom. The Morgan fingerprint density at radius 3 is 2.77 bits per heavy atom. The Balaban J connectivity index is 1.38. The van der Waals surface area contributed by atoms with E-state index in [1.54, 1.807) is 11.1 Å². The molecule has 0 aromatic carbocycles. The highest BCUT2D eigenvalue weighted by molar-refractivity contribution is 5.89. The monoisotopic (exact) mass is 355 g/mol. The third kappa shape index (κ3) is 2.63. The van der Waals surface area contributed by atoms with Crippen molar-refractivity contribution < 1.29 is 9.59 Å². The zero-order valence-corrected chi connectivity index (χ0v) is 16.0. The molecule has 2 bridgehead atoms. The van der Waals surface area contributed by atoms with Crippen LogP contribution < -0.4 is 5.32 Å². The summed E-state index contributed by atoms with van der Waals surface area (Å²) in [6.45, 7) is 8.02.